The number of quaternary nitrogens is 1. The summed E-state index contributed by atoms with van der Waals surface area (Å²) >= 11 is 0. The fourth-order valence-electron chi connectivity index (χ4n) is 3.86. The van der Waals surface area contributed by atoms with Gasteiger partial charge in [-0.3, -0.25) is 9.59 Å². The van der Waals surface area contributed by atoms with Gasteiger partial charge in [0.25, 0.3) is 11.8 Å². The number of hydrogen-bond acceptors (Lipinski definition) is 5. The molecule has 4 rings (SSSR count). The smallest absolute Gasteiger partial charge is 0.282 e. The summed E-state index contributed by atoms with van der Waals surface area (Å²) < 4.78 is 11.5. The van der Waals surface area contributed by atoms with Crippen LogP contribution in [-0.4, -0.2) is 61.6 Å². The summed E-state index contributed by atoms with van der Waals surface area (Å²) in [5.41, 5.74) is 1.21. The van der Waals surface area contributed by atoms with E-state index in [1.165, 1.54) is 0 Å². The zero-order valence-corrected chi connectivity index (χ0v) is 17.3. The van der Waals surface area contributed by atoms with Crippen LogP contribution in [0, 0.1) is 11.3 Å². The number of anilines is 1. The van der Waals surface area contributed by atoms with Gasteiger partial charge in [-0.15, -0.1) is 0 Å². The molecular weight excluding hydrogens is 396 g/mol. The number of ether oxygens (including phenoxy) is 2. The third kappa shape index (κ3) is 4.62. The molecule has 2 aromatic rings. The van der Waals surface area contributed by atoms with Crippen molar-refractivity contribution in [2.24, 2.45) is 0 Å². The van der Waals surface area contributed by atoms with Gasteiger partial charge in [0.15, 0.2) is 17.5 Å². The Kier molecular flexibility index (Phi) is 6.05. The monoisotopic (exact) mass is 421 g/mol. The molecule has 0 unspecified atom stereocenters. The second-order valence-corrected chi connectivity index (χ2v) is 7.75. The molecule has 2 aromatic carbocycles. The molecule has 2 N–H and O–H groups in total. The number of benzene rings is 2. The number of carbonyl (C=O) groups excluding carboxylic acids is 2. The van der Waals surface area contributed by atoms with Crippen LogP contribution in [-0.2, 0) is 9.59 Å². The van der Waals surface area contributed by atoms with Gasteiger partial charge in [0.2, 0.25) is 6.10 Å². The molecular formula is C23H25N4O4+. The highest BCUT2D eigenvalue weighted by Crippen LogP contribution is 2.31. The highest BCUT2D eigenvalue weighted by Gasteiger charge is 2.35. The molecule has 0 saturated carbocycles. The summed E-state index contributed by atoms with van der Waals surface area (Å²) in [7, 11) is 0. The third-order valence-corrected chi connectivity index (χ3v) is 5.79. The maximum absolute atomic E-state index is 12.9. The molecule has 0 spiro atoms. The van der Waals surface area contributed by atoms with Gasteiger partial charge in [0.05, 0.1) is 37.8 Å². The van der Waals surface area contributed by atoms with Gasteiger partial charge >= 0.3 is 0 Å². The minimum atomic E-state index is -0.645. The zero-order chi connectivity index (χ0) is 21.8. The van der Waals surface area contributed by atoms with E-state index in [0.29, 0.717) is 48.9 Å². The molecule has 2 aliphatic heterocycles. The van der Waals surface area contributed by atoms with E-state index >= 15 is 0 Å². The number of amides is 2. The molecule has 1 fully saturated rings. The standard InChI is InChI=1S/C23H24N4O4/c1-16(22(28)25-18-8-6-17(14-24)7-9-18)26-10-12-27(13-11-26)23(29)21-15-30-19-4-2-3-5-20(19)31-21/h2-9,16,21H,10-13,15H2,1H3,(H,25,28)/p+1/t16-,21-/m0/s1. The first-order valence-electron chi connectivity index (χ1n) is 10.4. The van der Waals surface area contributed by atoms with E-state index < -0.39 is 6.10 Å². The number of fused-ring (bicyclic) bond motifs is 1. The summed E-state index contributed by atoms with van der Waals surface area (Å²) in [5, 5.41) is 11.8. The quantitative estimate of drug-likeness (QED) is 0.748. The first-order valence-corrected chi connectivity index (χ1v) is 10.4. The van der Waals surface area contributed by atoms with Crippen LogP contribution in [0.1, 0.15) is 12.5 Å². The maximum atomic E-state index is 12.9. The molecule has 2 atom stereocenters. The molecule has 0 radical (unpaired) electrons. The second kappa shape index (κ2) is 9.06. The van der Waals surface area contributed by atoms with E-state index in [1.807, 2.05) is 25.1 Å². The Morgan fingerprint density at radius 3 is 2.48 bits per heavy atom. The first-order chi connectivity index (χ1) is 15.0. The zero-order valence-electron chi connectivity index (χ0n) is 17.3. The molecule has 2 amide bonds. The van der Waals surface area contributed by atoms with Crippen molar-refractivity contribution in [1.82, 2.24) is 4.90 Å². The highest BCUT2D eigenvalue weighted by atomic mass is 16.6. The Balaban J connectivity index is 1.28. The molecule has 0 aliphatic carbocycles. The number of nitriles is 1. The van der Waals surface area contributed by atoms with Crippen LogP contribution in [0.3, 0.4) is 0 Å². The summed E-state index contributed by atoms with van der Waals surface area (Å²) in [6, 6.07) is 15.9. The average Bonchev–Trinajstić information content (AvgIpc) is 2.83. The second-order valence-electron chi connectivity index (χ2n) is 7.75. The molecule has 0 bridgehead atoms. The highest BCUT2D eigenvalue weighted by molar-refractivity contribution is 5.93. The molecule has 8 nitrogen and oxygen atoms in total. The number of carbonyl (C=O) groups is 2. The van der Waals surface area contributed by atoms with Crippen molar-refractivity contribution >= 4 is 17.5 Å². The summed E-state index contributed by atoms with van der Waals surface area (Å²) in [5.74, 6) is 1.08. The van der Waals surface area contributed by atoms with E-state index in [0.717, 1.165) is 4.90 Å². The SMILES string of the molecule is C[C@@H](C(=O)Nc1ccc(C#N)cc1)[NH+]1CCN(C(=O)[C@@H]2COc3ccccc3O2)CC1. The molecule has 0 aromatic heterocycles. The van der Waals surface area contributed by atoms with Crippen molar-refractivity contribution in [3.05, 3.63) is 54.1 Å². The molecule has 2 aliphatic rings. The van der Waals surface area contributed by atoms with Crippen molar-refractivity contribution in [1.29, 1.82) is 5.26 Å². The van der Waals surface area contributed by atoms with Crippen molar-refractivity contribution in [3.8, 4) is 17.6 Å². The normalized spacial score (nSPS) is 19.2. The Morgan fingerprint density at radius 2 is 1.81 bits per heavy atom. The average molecular weight is 421 g/mol. The van der Waals surface area contributed by atoms with Gasteiger partial charge in [-0.2, -0.15) is 5.26 Å². The van der Waals surface area contributed by atoms with Gasteiger partial charge < -0.3 is 24.6 Å². The van der Waals surface area contributed by atoms with Crippen LogP contribution in [0.4, 0.5) is 5.69 Å². The summed E-state index contributed by atoms with van der Waals surface area (Å²) in [6.07, 6.45) is -0.645. The van der Waals surface area contributed by atoms with Crippen molar-refractivity contribution in [3.63, 3.8) is 0 Å². The van der Waals surface area contributed by atoms with Gasteiger partial charge in [-0.1, -0.05) is 12.1 Å². The lowest BCUT2D eigenvalue weighted by atomic mass is 10.1. The number of nitrogens with one attached hydrogen (secondary N) is 2. The largest absolute Gasteiger partial charge is 0.485 e. The van der Waals surface area contributed by atoms with Crippen molar-refractivity contribution in [2.45, 2.75) is 19.1 Å². The van der Waals surface area contributed by atoms with Crippen LogP contribution in [0.15, 0.2) is 48.5 Å². The first kappa shape index (κ1) is 20.7. The van der Waals surface area contributed by atoms with E-state index in [-0.39, 0.29) is 24.5 Å². The number of hydrogen-bond donors (Lipinski definition) is 2. The summed E-state index contributed by atoms with van der Waals surface area (Å²) in [6.45, 7) is 4.57. The van der Waals surface area contributed by atoms with Gasteiger partial charge in [-0.05, 0) is 43.3 Å². The number of para-hydroxylation sites is 2. The van der Waals surface area contributed by atoms with Crippen molar-refractivity contribution in [2.75, 3.05) is 38.1 Å². The molecule has 31 heavy (non-hydrogen) atoms. The third-order valence-electron chi connectivity index (χ3n) is 5.79. The van der Waals surface area contributed by atoms with Gasteiger partial charge in [0.1, 0.15) is 6.61 Å². The lowest BCUT2D eigenvalue weighted by molar-refractivity contribution is -0.917. The van der Waals surface area contributed by atoms with Crippen molar-refractivity contribution < 1.29 is 24.0 Å². The van der Waals surface area contributed by atoms with Gasteiger partial charge in [0, 0.05) is 5.69 Å². The minimum Gasteiger partial charge on any atom is -0.485 e. The Bertz CT molecular complexity index is 993. The molecule has 160 valence electrons. The lowest BCUT2D eigenvalue weighted by Gasteiger charge is -2.37. The van der Waals surface area contributed by atoms with E-state index in [2.05, 4.69) is 11.4 Å². The minimum absolute atomic E-state index is 0.0803. The fraction of sp³-hybridized carbons (Fsp3) is 0.348. The Hall–Kier alpha value is -3.57. The van der Waals surface area contributed by atoms with E-state index in [1.54, 1.807) is 35.2 Å². The molecule has 1 saturated heterocycles. The Morgan fingerprint density at radius 1 is 1.13 bits per heavy atom. The molecule has 2 heterocycles. The lowest BCUT2D eigenvalue weighted by Crippen LogP contribution is -3.19. The predicted molar refractivity (Wildman–Crippen MR) is 113 cm³/mol. The predicted octanol–water partition coefficient (Wildman–Crippen LogP) is 0.452. The number of rotatable bonds is 4. The summed E-state index contributed by atoms with van der Waals surface area (Å²) in [4.78, 5) is 28.4. The van der Waals surface area contributed by atoms with Gasteiger partial charge in [-0.25, -0.2) is 0 Å². The van der Waals surface area contributed by atoms with Crippen LogP contribution in [0.25, 0.3) is 0 Å². The van der Waals surface area contributed by atoms with Crippen LogP contribution in [0.5, 0.6) is 11.5 Å². The van der Waals surface area contributed by atoms with Crippen LogP contribution >= 0.6 is 0 Å². The Labute approximate surface area is 181 Å². The van der Waals surface area contributed by atoms with E-state index in [9.17, 15) is 9.59 Å². The van der Waals surface area contributed by atoms with E-state index in [4.69, 9.17) is 14.7 Å². The topological polar surface area (TPSA) is 96.1 Å². The fourth-order valence-corrected chi connectivity index (χ4v) is 3.86. The van der Waals surface area contributed by atoms with Crippen LogP contribution < -0.4 is 19.7 Å². The maximum Gasteiger partial charge on any atom is 0.282 e. The number of piperazine rings is 1. The molecule has 8 heteroatoms. The number of nitrogens with zero attached hydrogens (tertiary/aromatic N) is 2. The van der Waals surface area contributed by atoms with Crippen LogP contribution in [0.2, 0.25) is 0 Å².